The van der Waals surface area contributed by atoms with Gasteiger partial charge in [0.1, 0.15) is 0 Å². The number of amides is 2. The van der Waals surface area contributed by atoms with Crippen molar-refractivity contribution in [1.82, 2.24) is 4.90 Å². The molecule has 2 aromatic rings. The third-order valence-electron chi connectivity index (χ3n) is 7.15. The van der Waals surface area contributed by atoms with Crippen LogP contribution in [0.4, 0.5) is 41.6 Å². The van der Waals surface area contributed by atoms with Gasteiger partial charge in [0.05, 0.1) is 36.6 Å². The molecule has 2 amide bonds. The Morgan fingerprint density at radius 1 is 1.03 bits per heavy atom. The number of carbonyl (C=O) groups is 2. The molecule has 0 radical (unpaired) electrons. The predicted octanol–water partition coefficient (Wildman–Crippen LogP) is 7.28. The van der Waals surface area contributed by atoms with Crippen LogP contribution in [-0.4, -0.2) is 36.8 Å². The Balaban J connectivity index is 1.85. The lowest BCUT2D eigenvalue weighted by molar-refractivity contribution is -0.143. The Hall–Kier alpha value is -3.44. The monoisotopic (exact) mass is 558 g/mol. The highest BCUT2D eigenvalue weighted by Gasteiger charge is 2.42. The van der Waals surface area contributed by atoms with E-state index in [-0.39, 0.29) is 24.7 Å². The lowest BCUT2D eigenvalue weighted by Crippen LogP contribution is -2.48. The van der Waals surface area contributed by atoms with Crippen molar-refractivity contribution in [1.29, 1.82) is 0 Å². The largest absolute Gasteiger partial charge is 0.453 e. The Morgan fingerprint density at radius 2 is 1.67 bits per heavy atom. The number of rotatable bonds is 4. The summed E-state index contributed by atoms with van der Waals surface area (Å²) in [6.45, 7) is 2.97. The molecule has 0 N–H and O–H groups in total. The van der Waals surface area contributed by atoms with Crippen LogP contribution in [0.3, 0.4) is 0 Å². The first-order valence-electron chi connectivity index (χ1n) is 12.5. The van der Waals surface area contributed by atoms with Crippen LogP contribution in [0.5, 0.6) is 0 Å². The Bertz CT molecular complexity index is 1230. The van der Waals surface area contributed by atoms with Gasteiger partial charge in [-0.15, -0.1) is 0 Å². The van der Waals surface area contributed by atoms with E-state index in [9.17, 15) is 35.9 Å². The second kappa shape index (κ2) is 10.6. The van der Waals surface area contributed by atoms with E-state index in [1.807, 2.05) is 6.07 Å². The molecule has 0 unspecified atom stereocenters. The molecule has 12 heteroatoms. The number of aryl methyl sites for hydroxylation is 1. The molecule has 212 valence electrons. The number of nitrogens with zero attached hydrogens (tertiary/aromatic N) is 2. The zero-order chi connectivity index (χ0) is 28.7. The van der Waals surface area contributed by atoms with Crippen molar-refractivity contribution >= 4 is 17.9 Å². The lowest BCUT2D eigenvalue weighted by Gasteiger charge is -2.43. The molecule has 2 aromatic carbocycles. The van der Waals surface area contributed by atoms with E-state index in [4.69, 9.17) is 9.47 Å². The summed E-state index contributed by atoms with van der Waals surface area (Å²) >= 11 is 0. The van der Waals surface area contributed by atoms with E-state index in [1.165, 1.54) is 4.90 Å². The summed E-state index contributed by atoms with van der Waals surface area (Å²) in [5.41, 5.74) is -0.241. The molecule has 0 saturated carbocycles. The maximum absolute atomic E-state index is 13.5. The molecule has 0 fully saturated rings. The van der Waals surface area contributed by atoms with E-state index >= 15 is 0 Å². The van der Waals surface area contributed by atoms with Crippen LogP contribution in [-0.2, 0) is 41.2 Å². The fourth-order valence-corrected chi connectivity index (χ4v) is 5.53. The molecule has 0 aromatic heterocycles. The average Bonchev–Trinajstić information content (AvgIpc) is 3.34. The van der Waals surface area contributed by atoms with Crippen molar-refractivity contribution < 1.29 is 45.4 Å². The zero-order valence-corrected chi connectivity index (χ0v) is 21.6. The second-order valence-electron chi connectivity index (χ2n) is 9.67. The van der Waals surface area contributed by atoms with Gasteiger partial charge in [0.2, 0.25) is 0 Å². The summed E-state index contributed by atoms with van der Waals surface area (Å²) < 4.78 is 91.3. The minimum Gasteiger partial charge on any atom is -0.453 e. The molecule has 6 nitrogen and oxygen atoms in total. The summed E-state index contributed by atoms with van der Waals surface area (Å²) in [6, 6.07) is 3.64. The van der Waals surface area contributed by atoms with Gasteiger partial charge in [-0.05, 0) is 80.5 Å². The van der Waals surface area contributed by atoms with Crippen LogP contribution in [0.15, 0.2) is 30.3 Å². The van der Waals surface area contributed by atoms with Gasteiger partial charge in [-0.2, -0.15) is 26.3 Å². The number of halogens is 6. The smallest absolute Gasteiger partial charge is 0.416 e. The Labute approximate surface area is 221 Å². The maximum Gasteiger partial charge on any atom is 0.416 e. The average molecular weight is 559 g/mol. The molecular formula is C27H28F6N2O4. The highest BCUT2D eigenvalue weighted by atomic mass is 19.4. The number of ether oxygens (including phenoxy) is 2. The van der Waals surface area contributed by atoms with Gasteiger partial charge in [-0.3, -0.25) is 9.80 Å². The van der Waals surface area contributed by atoms with Gasteiger partial charge in [0, 0.05) is 18.2 Å². The first kappa shape index (κ1) is 28.6. The van der Waals surface area contributed by atoms with E-state index in [1.54, 1.807) is 19.9 Å². The second-order valence-corrected chi connectivity index (χ2v) is 9.67. The third-order valence-corrected chi connectivity index (χ3v) is 7.15. The zero-order valence-electron chi connectivity index (χ0n) is 21.6. The number of benzene rings is 2. The maximum atomic E-state index is 13.5. The topological polar surface area (TPSA) is 59.1 Å². The van der Waals surface area contributed by atoms with Crippen LogP contribution in [0.1, 0.15) is 66.1 Å². The van der Waals surface area contributed by atoms with Crippen molar-refractivity contribution in [3.05, 3.63) is 63.7 Å². The molecule has 1 aliphatic heterocycles. The van der Waals surface area contributed by atoms with Crippen LogP contribution < -0.4 is 4.90 Å². The highest BCUT2D eigenvalue weighted by Crippen LogP contribution is 2.46. The molecule has 0 saturated heterocycles. The molecule has 1 aliphatic carbocycles. The number of hydrogen-bond acceptors (Lipinski definition) is 4. The van der Waals surface area contributed by atoms with Gasteiger partial charge in [-0.25, -0.2) is 9.59 Å². The van der Waals surface area contributed by atoms with Gasteiger partial charge >= 0.3 is 24.5 Å². The molecule has 4 rings (SSSR count). The van der Waals surface area contributed by atoms with E-state index in [0.717, 1.165) is 36.0 Å². The quantitative estimate of drug-likeness (QED) is 0.370. The number of hydrogen-bond donors (Lipinski definition) is 0. The van der Waals surface area contributed by atoms with Crippen molar-refractivity contribution in [2.75, 3.05) is 18.6 Å². The van der Waals surface area contributed by atoms with Crippen molar-refractivity contribution in [3.8, 4) is 0 Å². The third kappa shape index (κ3) is 5.65. The molecule has 1 heterocycles. The number of alkyl halides is 6. The summed E-state index contributed by atoms with van der Waals surface area (Å²) in [6.07, 6.45) is -9.14. The number of fused-ring (bicyclic) bond motifs is 3. The van der Waals surface area contributed by atoms with Crippen molar-refractivity contribution in [2.45, 2.75) is 70.5 Å². The minimum absolute atomic E-state index is 0.0497. The van der Waals surface area contributed by atoms with Gasteiger partial charge in [0.15, 0.2) is 0 Å². The molecular weight excluding hydrogens is 530 g/mol. The molecule has 39 heavy (non-hydrogen) atoms. The van der Waals surface area contributed by atoms with Crippen molar-refractivity contribution in [3.63, 3.8) is 0 Å². The van der Waals surface area contributed by atoms with Gasteiger partial charge < -0.3 is 9.47 Å². The standard InChI is InChI=1S/C27H28F6N2O4/c1-4-39-25(37)35-15(2)10-22(23-20-7-5-6-17(20)8-9-21(23)35)34(24(36)38-3)14-16-11-18(26(28,29)30)13-19(12-16)27(31,32)33/h8-9,11-13,15,22H,4-7,10,14H2,1-3H3/t15-,22+/m1/s1. The van der Waals surface area contributed by atoms with E-state index in [2.05, 4.69) is 0 Å². The number of carbonyl (C=O) groups excluding carboxylic acids is 2. The predicted molar refractivity (Wildman–Crippen MR) is 129 cm³/mol. The Kier molecular flexibility index (Phi) is 7.77. The van der Waals surface area contributed by atoms with Gasteiger partial charge in [0.25, 0.3) is 0 Å². The first-order chi connectivity index (χ1) is 18.3. The fraction of sp³-hybridized carbons (Fsp3) is 0.481. The summed E-state index contributed by atoms with van der Waals surface area (Å²) in [4.78, 5) is 28.6. The van der Waals surface area contributed by atoms with Crippen molar-refractivity contribution in [2.24, 2.45) is 0 Å². The molecule has 0 spiro atoms. The fourth-order valence-electron chi connectivity index (χ4n) is 5.53. The highest BCUT2D eigenvalue weighted by molar-refractivity contribution is 5.91. The molecule has 2 atom stereocenters. The number of anilines is 1. The first-order valence-corrected chi connectivity index (χ1v) is 12.5. The lowest BCUT2D eigenvalue weighted by atomic mass is 9.85. The van der Waals surface area contributed by atoms with Crippen LogP contribution >= 0.6 is 0 Å². The van der Waals surface area contributed by atoms with E-state index in [0.29, 0.717) is 29.8 Å². The molecule has 0 bridgehead atoms. The van der Waals surface area contributed by atoms with E-state index < -0.39 is 54.3 Å². The normalized spacial score (nSPS) is 18.8. The minimum atomic E-state index is -5.03. The summed E-state index contributed by atoms with van der Waals surface area (Å²) in [5, 5.41) is 0. The SMILES string of the molecule is CCOC(=O)N1c2ccc3c(c2[C@@H](N(Cc2cc(C(F)(F)F)cc(C(F)(F)F)c2)C(=O)OC)C[C@H]1C)CCC3. The Morgan fingerprint density at radius 3 is 2.23 bits per heavy atom. The number of methoxy groups -OCH3 is 1. The van der Waals surface area contributed by atoms with Crippen LogP contribution in [0.2, 0.25) is 0 Å². The summed E-state index contributed by atoms with van der Waals surface area (Å²) in [7, 11) is 1.09. The van der Waals surface area contributed by atoms with Gasteiger partial charge in [-0.1, -0.05) is 6.07 Å². The summed E-state index contributed by atoms with van der Waals surface area (Å²) in [5.74, 6) is 0. The van der Waals surface area contributed by atoms with Crippen LogP contribution in [0, 0.1) is 0 Å². The van der Waals surface area contributed by atoms with Crippen LogP contribution in [0.25, 0.3) is 0 Å². The molecule has 2 aliphatic rings.